The molecular weight excluding hydrogens is 531 g/mol. The Kier molecular flexibility index (Phi) is 11.8. The van der Waals surface area contributed by atoms with E-state index in [0.29, 0.717) is 0 Å². The normalized spacial score (nSPS) is 11.1. The van der Waals surface area contributed by atoms with Crippen LogP contribution < -0.4 is 10.6 Å². The van der Waals surface area contributed by atoms with Gasteiger partial charge in [-0.25, -0.2) is 4.98 Å². The van der Waals surface area contributed by atoms with Crippen molar-refractivity contribution in [2.75, 3.05) is 19.3 Å². The van der Waals surface area contributed by atoms with Crippen LogP contribution in [-0.2, 0) is 6.54 Å². The van der Waals surface area contributed by atoms with E-state index in [1.165, 1.54) is 20.7 Å². The number of thiazole rings is 1. The summed E-state index contributed by atoms with van der Waals surface area (Å²) in [6.45, 7) is 3.71. The van der Waals surface area contributed by atoms with Crippen molar-refractivity contribution in [2.45, 2.75) is 31.2 Å². The molecule has 0 radical (unpaired) electrons. The number of nitrogens with zero attached hydrogens (tertiary/aromatic N) is 2. The second kappa shape index (κ2) is 12.9. The van der Waals surface area contributed by atoms with Crippen molar-refractivity contribution >= 4 is 69.0 Å². The van der Waals surface area contributed by atoms with Crippen molar-refractivity contribution in [3.8, 4) is 0 Å². The molecule has 0 atom stereocenters. The standard InChI is InChI=1S/C17H23BrN4S2.HI/c1-13-11-21-16(24-13)12-22-17(19-2)20-9-5-6-10-23-15-8-4-3-7-14(15)18;/h3-4,7-8,11H,5-6,9-10,12H2,1-2H3,(H2,19,20,22);1H. The van der Waals surface area contributed by atoms with Gasteiger partial charge in [-0.2, -0.15) is 0 Å². The largest absolute Gasteiger partial charge is 0.356 e. The molecule has 0 aliphatic carbocycles. The highest BCUT2D eigenvalue weighted by molar-refractivity contribution is 14.0. The number of benzene rings is 1. The highest BCUT2D eigenvalue weighted by Crippen LogP contribution is 2.27. The van der Waals surface area contributed by atoms with Gasteiger partial charge in [-0.15, -0.1) is 47.1 Å². The van der Waals surface area contributed by atoms with Crippen LogP contribution in [-0.4, -0.2) is 30.3 Å². The highest BCUT2D eigenvalue weighted by Gasteiger charge is 2.02. The molecule has 0 bridgehead atoms. The van der Waals surface area contributed by atoms with E-state index < -0.39 is 0 Å². The lowest BCUT2D eigenvalue weighted by Crippen LogP contribution is -2.37. The first-order valence-electron chi connectivity index (χ1n) is 7.92. The molecule has 2 aromatic rings. The van der Waals surface area contributed by atoms with Crippen LogP contribution in [0.5, 0.6) is 0 Å². The zero-order valence-corrected chi connectivity index (χ0v) is 20.0. The van der Waals surface area contributed by atoms with Crippen LogP contribution in [0, 0.1) is 6.92 Å². The monoisotopic (exact) mass is 554 g/mol. The topological polar surface area (TPSA) is 49.3 Å². The molecule has 4 nitrogen and oxygen atoms in total. The van der Waals surface area contributed by atoms with Crippen LogP contribution in [0.1, 0.15) is 22.7 Å². The Labute approximate surface area is 183 Å². The lowest BCUT2D eigenvalue weighted by molar-refractivity contribution is 0.732. The number of hydrogen-bond donors (Lipinski definition) is 2. The van der Waals surface area contributed by atoms with E-state index in [1.54, 1.807) is 18.4 Å². The predicted molar refractivity (Wildman–Crippen MR) is 125 cm³/mol. The van der Waals surface area contributed by atoms with Crippen LogP contribution in [0.25, 0.3) is 0 Å². The molecule has 1 aromatic carbocycles. The minimum atomic E-state index is 0. The van der Waals surface area contributed by atoms with Gasteiger partial charge in [0.05, 0.1) is 6.54 Å². The van der Waals surface area contributed by atoms with Crippen molar-refractivity contribution in [1.82, 2.24) is 15.6 Å². The van der Waals surface area contributed by atoms with E-state index in [4.69, 9.17) is 0 Å². The number of halogens is 2. The number of aryl methyl sites for hydroxylation is 1. The fourth-order valence-corrected chi connectivity index (χ4v) is 4.34. The average molecular weight is 555 g/mol. The minimum absolute atomic E-state index is 0. The maximum Gasteiger partial charge on any atom is 0.191 e. The molecule has 0 fully saturated rings. The molecule has 0 aliphatic rings. The predicted octanol–water partition coefficient (Wildman–Crippen LogP) is 5.07. The van der Waals surface area contributed by atoms with Crippen molar-refractivity contribution in [2.24, 2.45) is 4.99 Å². The van der Waals surface area contributed by atoms with E-state index in [9.17, 15) is 0 Å². The number of unbranched alkanes of at least 4 members (excludes halogenated alkanes) is 1. The fraction of sp³-hybridized carbons (Fsp3) is 0.412. The smallest absolute Gasteiger partial charge is 0.191 e. The number of guanidine groups is 1. The quantitative estimate of drug-likeness (QED) is 0.157. The van der Waals surface area contributed by atoms with Gasteiger partial charge in [0.15, 0.2) is 5.96 Å². The van der Waals surface area contributed by atoms with Crippen LogP contribution in [0.2, 0.25) is 0 Å². The van der Waals surface area contributed by atoms with Crippen molar-refractivity contribution in [3.05, 3.63) is 44.8 Å². The summed E-state index contributed by atoms with van der Waals surface area (Å²) in [6, 6.07) is 8.36. The van der Waals surface area contributed by atoms with E-state index in [0.717, 1.165) is 36.2 Å². The first-order valence-corrected chi connectivity index (χ1v) is 10.5. The van der Waals surface area contributed by atoms with Gasteiger partial charge < -0.3 is 10.6 Å². The molecule has 1 heterocycles. The maximum absolute atomic E-state index is 4.35. The zero-order valence-electron chi connectivity index (χ0n) is 14.4. The maximum atomic E-state index is 4.35. The molecule has 0 saturated heterocycles. The Morgan fingerprint density at radius 2 is 2.08 bits per heavy atom. The summed E-state index contributed by atoms with van der Waals surface area (Å²) in [7, 11) is 1.80. The fourth-order valence-electron chi connectivity index (χ4n) is 2.04. The molecule has 2 N–H and O–H groups in total. The van der Waals surface area contributed by atoms with Gasteiger partial charge in [0, 0.05) is 34.0 Å². The molecule has 0 saturated carbocycles. The molecule has 0 spiro atoms. The van der Waals surface area contributed by atoms with E-state index in [2.05, 4.69) is 61.7 Å². The molecule has 138 valence electrons. The lowest BCUT2D eigenvalue weighted by atomic mass is 10.3. The summed E-state index contributed by atoms with van der Waals surface area (Å²) < 4.78 is 1.18. The number of aliphatic imine (C=N–C) groups is 1. The van der Waals surface area contributed by atoms with Gasteiger partial charge in [-0.05, 0) is 53.6 Å². The van der Waals surface area contributed by atoms with Gasteiger partial charge in [-0.1, -0.05) is 12.1 Å². The molecule has 0 aliphatic heterocycles. The lowest BCUT2D eigenvalue weighted by Gasteiger charge is -2.10. The molecule has 1 aromatic heterocycles. The summed E-state index contributed by atoms with van der Waals surface area (Å²) in [5.74, 6) is 1.95. The van der Waals surface area contributed by atoms with Crippen LogP contribution in [0.4, 0.5) is 0 Å². The summed E-state index contributed by atoms with van der Waals surface area (Å²) in [5.41, 5.74) is 0. The van der Waals surface area contributed by atoms with Gasteiger partial charge in [0.1, 0.15) is 5.01 Å². The van der Waals surface area contributed by atoms with Gasteiger partial charge in [-0.3, -0.25) is 4.99 Å². The van der Waals surface area contributed by atoms with Gasteiger partial charge >= 0.3 is 0 Å². The van der Waals surface area contributed by atoms with E-state index >= 15 is 0 Å². The Morgan fingerprint density at radius 1 is 1.28 bits per heavy atom. The first-order chi connectivity index (χ1) is 11.7. The molecule has 25 heavy (non-hydrogen) atoms. The number of thioether (sulfide) groups is 1. The van der Waals surface area contributed by atoms with Gasteiger partial charge in [0.25, 0.3) is 0 Å². The number of rotatable bonds is 8. The second-order valence-corrected chi connectivity index (χ2v) is 8.51. The van der Waals surface area contributed by atoms with Gasteiger partial charge in [0.2, 0.25) is 0 Å². The Balaban J connectivity index is 0.00000312. The van der Waals surface area contributed by atoms with E-state index in [-0.39, 0.29) is 24.0 Å². The van der Waals surface area contributed by atoms with Crippen LogP contribution in [0.15, 0.2) is 44.8 Å². The summed E-state index contributed by atoms with van der Waals surface area (Å²) in [5, 5.41) is 7.74. The average Bonchev–Trinajstić information content (AvgIpc) is 3.00. The van der Waals surface area contributed by atoms with Crippen LogP contribution >= 0.6 is 63.0 Å². The third-order valence-electron chi connectivity index (χ3n) is 3.26. The minimum Gasteiger partial charge on any atom is -0.356 e. The SMILES string of the molecule is CN=C(NCCCCSc1ccccc1Br)NCc1ncc(C)s1.I. The number of aromatic nitrogens is 1. The Morgan fingerprint density at radius 3 is 2.76 bits per heavy atom. The zero-order chi connectivity index (χ0) is 17.2. The molecule has 0 amide bonds. The molecular formula is C17H24BrIN4S2. The van der Waals surface area contributed by atoms with Crippen molar-refractivity contribution in [3.63, 3.8) is 0 Å². The summed E-state index contributed by atoms with van der Waals surface area (Å²) in [4.78, 5) is 11.1. The molecule has 0 unspecified atom stereocenters. The van der Waals surface area contributed by atoms with Crippen molar-refractivity contribution in [1.29, 1.82) is 0 Å². The summed E-state index contributed by atoms with van der Waals surface area (Å²) >= 11 is 7.19. The summed E-state index contributed by atoms with van der Waals surface area (Å²) in [6.07, 6.45) is 4.19. The molecule has 8 heteroatoms. The van der Waals surface area contributed by atoms with Crippen LogP contribution in [0.3, 0.4) is 0 Å². The second-order valence-electron chi connectivity index (χ2n) is 5.20. The van der Waals surface area contributed by atoms with E-state index in [1.807, 2.05) is 24.0 Å². The third kappa shape index (κ3) is 8.74. The Bertz CT molecular complexity index is 664. The number of hydrogen-bond acceptors (Lipinski definition) is 4. The molecule has 2 rings (SSSR count). The number of nitrogens with one attached hydrogen (secondary N) is 2. The Hall–Kier alpha value is -0.320. The highest BCUT2D eigenvalue weighted by atomic mass is 127. The third-order valence-corrected chi connectivity index (χ3v) is 6.28. The van der Waals surface area contributed by atoms with Crippen molar-refractivity contribution < 1.29 is 0 Å². The first kappa shape index (κ1) is 22.7.